The fraction of sp³-hybridized carbons (Fsp3) is 0.929. The first-order chi connectivity index (χ1) is 18.8. The van der Waals surface area contributed by atoms with Crippen LogP contribution in [0.2, 0.25) is 0 Å². The first kappa shape index (κ1) is 30.7. The fourth-order valence-electron chi connectivity index (χ4n) is 7.54. The Hall–Kier alpha value is -1.27. The van der Waals surface area contributed by atoms with Gasteiger partial charge >= 0.3 is 5.97 Å². The average molecular weight is 573 g/mol. The maximum absolute atomic E-state index is 13.7. The Labute approximate surface area is 232 Å². The molecule has 0 bridgehead atoms. The molecule has 8 atom stereocenters. The first-order valence-corrected chi connectivity index (χ1v) is 16.8. The van der Waals surface area contributed by atoms with E-state index < -0.39 is 38.1 Å². The van der Waals surface area contributed by atoms with Gasteiger partial charge in [0.05, 0.1) is 35.5 Å². The second-order valence-corrected chi connectivity index (χ2v) is 14.9. The maximum Gasteiger partial charge on any atom is 0.307 e. The molecule has 10 nitrogen and oxygen atoms in total. The Balaban J connectivity index is 1.27. The van der Waals surface area contributed by atoms with Gasteiger partial charge in [-0.05, 0) is 76.0 Å². The molecule has 0 heterocycles. The number of rotatable bonds is 11. The molecule has 1 amide bonds. The van der Waals surface area contributed by atoms with Crippen LogP contribution in [0.1, 0.15) is 103 Å². The third-order valence-electron chi connectivity index (χ3n) is 9.85. The first-order valence-electron chi connectivity index (χ1n) is 15.2. The van der Waals surface area contributed by atoms with Crippen LogP contribution in [-0.4, -0.2) is 66.5 Å². The van der Waals surface area contributed by atoms with Crippen molar-refractivity contribution in [3.63, 3.8) is 0 Å². The third kappa shape index (κ3) is 8.15. The number of nitrogens with one attached hydrogen (secondary N) is 2. The molecule has 0 aromatic carbocycles. The van der Waals surface area contributed by atoms with Gasteiger partial charge in [-0.25, -0.2) is 13.3 Å². The van der Waals surface area contributed by atoms with Crippen molar-refractivity contribution >= 4 is 21.7 Å². The van der Waals surface area contributed by atoms with E-state index in [0.717, 1.165) is 64.2 Å². The average Bonchev–Trinajstić information content (AvgIpc) is 2.94. The molecule has 4 rings (SSSR count). The highest BCUT2D eigenvalue weighted by Crippen LogP contribution is 2.35. The van der Waals surface area contributed by atoms with Crippen molar-refractivity contribution in [2.45, 2.75) is 125 Å². The molecule has 0 radical (unpaired) electrons. The molecule has 8 unspecified atom stereocenters. The summed E-state index contributed by atoms with van der Waals surface area (Å²) in [5.41, 5.74) is 3.15. The van der Waals surface area contributed by atoms with Crippen LogP contribution in [0.5, 0.6) is 0 Å². The highest BCUT2D eigenvalue weighted by Gasteiger charge is 2.41. The van der Waals surface area contributed by atoms with Crippen molar-refractivity contribution < 1.29 is 38.1 Å². The molecule has 11 heteroatoms. The Morgan fingerprint density at radius 2 is 1.28 bits per heavy atom. The maximum atomic E-state index is 13.7. The smallest absolute Gasteiger partial charge is 0.307 e. The summed E-state index contributed by atoms with van der Waals surface area (Å²) >= 11 is 0. The van der Waals surface area contributed by atoms with Gasteiger partial charge in [0.15, 0.2) is 9.84 Å². The van der Waals surface area contributed by atoms with E-state index in [1.54, 1.807) is 0 Å². The van der Waals surface area contributed by atoms with Gasteiger partial charge in [0.1, 0.15) is 0 Å². The van der Waals surface area contributed by atoms with E-state index in [1.807, 2.05) is 0 Å². The predicted molar refractivity (Wildman–Crippen MR) is 145 cm³/mol. The van der Waals surface area contributed by atoms with E-state index >= 15 is 0 Å². The molecule has 0 aliphatic heterocycles. The van der Waals surface area contributed by atoms with Gasteiger partial charge in [0.25, 0.3) is 0 Å². The number of hydroxylamine groups is 1. The van der Waals surface area contributed by atoms with Gasteiger partial charge < -0.3 is 15.3 Å². The van der Waals surface area contributed by atoms with Crippen LogP contribution < -0.4 is 10.8 Å². The van der Waals surface area contributed by atoms with Crippen LogP contribution in [0.3, 0.4) is 0 Å². The summed E-state index contributed by atoms with van der Waals surface area (Å²) in [6.07, 6.45) is 12.4. The second kappa shape index (κ2) is 14.6. The molecule has 4 saturated carbocycles. The number of hydrogen-bond acceptors (Lipinski definition) is 8. The molecule has 4 N–H and O–H groups in total. The van der Waals surface area contributed by atoms with Crippen molar-refractivity contribution in [2.24, 2.45) is 23.7 Å². The Bertz CT molecular complexity index is 913. The number of carboxylic acids is 1. The summed E-state index contributed by atoms with van der Waals surface area (Å²) < 4.78 is 27.4. The highest BCUT2D eigenvalue weighted by atomic mass is 32.2. The van der Waals surface area contributed by atoms with Gasteiger partial charge in [-0.3, -0.25) is 14.8 Å². The van der Waals surface area contributed by atoms with Crippen LogP contribution >= 0.6 is 0 Å². The largest absolute Gasteiger partial charge is 0.481 e. The molecule has 4 aliphatic rings. The lowest BCUT2D eigenvalue weighted by Gasteiger charge is -2.36. The summed E-state index contributed by atoms with van der Waals surface area (Å²) in [6, 6.07) is -0.248. The lowest BCUT2D eigenvalue weighted by molar-refractivity contribution is -0.256. The van der Waals surface area contributed by atoms with Crippen molar-refractivity contribution in [1.29, 1.82) is 0 Å². The standard InChI is InChI=1S/C28H48N2O8S/c31-27(25-13-3-4-14-26(25)28(32)33)29-21-9-5-11-23(15-21)39(35,36)24-12-6-10-22(16-24)30-37-17-19-7-1-2-8-20(19)18-38-34/h19-26,30,34H,1-18H2,(H,29,31)(H,32,33). The molecule has 39 heavy (non-hydrogen) atoms. The molecule has 4 aliphatic carbocycles. The van der Waals surface area contributed by atoms with Crippen LogP contribution in [-0.2, 0) is 29.2 Å². The van der Waals surface area contributed by atoms with E-state index in [9.17, 15) is 23.1 Å². The summed E-state index contributed by atoms with van der Waals surface area (Å²) in [5.74, 6) is -1.73. The molecule has 0 spiro atoms. The molecule has 0 saturated heterocycles. The fourth-order valence-corrected chi connectivity index (χ4v) is 10.1. The zero-order valence-corrected chi connectivity index (χ0v) is 23.9. The molecule has 0 aromatic rings. The predicted octanol–water partition coefficient (Wildman–Crippen LogP) is 3.85. The lowest BCUT2D eigenvalue weighted by Crippen LogP contribution is -2.49. The van der Waals surface area contributed by atoms with Gasteiger partial charge in [-0.1, -0.05) is 38.5 Å². The Kier molecular flexibility index (Phi) is 11.5. The van der Waals surface area contributed by atoms with E-state index in [-0.39, 0.29) is 23.9 Å². The van der Waals surface area contributed by atoms with E-state index in [1.165, 1.54) is 0 Å². The Morgan fingerprint density at radius 3 is 1.92 bits per heavy atom. The van der Waals surface area contributed by atoms with Crippen molar-refractivity contribution in [2.75, 3.05) is 13.2 Å². The minimum absolute atomic E-state index is 0.0204. The lowest BCUT2D eigenvalue weighted by atomic mass is 9.78. The van der Waals surface area contributed by atoms with Gasteiger partial charge in [0, 0.05) is 12.1 Å². The Morgan fingerprint density at radius 1 is 0.718 bits per heavy atom. The number of hydrogen-bond donors (Lipinski definition) is 4. The third-order valence-corrected chi connectivity index (χ3v) is 12.6. The van der Waals surface area contributed by atoms with E-state index in [4.69, 9.17) is 10.1 Å². The molecule has 4 fully saturated rings. The van der Waals surface area contributed by atoms with Crippen molar-refractivity contribution in [3.05, 3.63) is 0 Å². The monoisotopic (exact) mass is 572 g/mol. The highest BCUT2D eigenvalue weighted by molar-refractivity contribution is 7.92. The molecular weight excluding hydrogens is 524 g/mol. The number of aliphatic carboxylic acids is 1. The van der Waals surface area contributed by atoms with Crippen LogP contribution in [0.15, 0.2) is 0 Å². The minimum Gasteiger partial charge on any atom is -0.481 e. The summed E-state index contributed by atoms with van der Waals surface area (Å²) in [5, 5.41) is 20.5. The van der Waals surface area contributed by atoms with Crippen molar-refractivity contribution in [1.82, 2.24) is 10.8 Å². The number of carbonyl (C=O) groups excluding carboxylic acids is 1. The zero-order chi connectivity index (χ0) is 27.8. The minimum atomic E-state index is -3.38. The molecule has 0 aromatic heterocycles. The van der Waals surface area contributed by atoms with Gasteiger partial charge in [-0.15, -0.1) is 0 Å². The second-order valence-electron chi connectivity index (χ2n) is 12.4. The molecular formula is C28H48N2O8S. The number of carbonyl (C=O) groups is 2. The zero-order valence-electron chi connectivity index (χ0n) is 23.1. The quantitative estimate of drug-likeness (QED) is 0.214. The SMILES string of the molecule is O=C(O)C1CCCCC1C(=O)NC1CCCC(S(=O)(=O)C2CCCC(NOCC3CCCCC3COO)C2)C1. The normalized spacial score (nSPS) is 36.2. The van der Waals surface area contributed by atoms with Gasteiger partial charge in [0.2, 0.25) is 5.91 Å². The topological polar surface area (TPSA) is 151 Å². The van der Waals surface area contributed by atoms with Crippen molar-refractivity contribution in [3.8, 4) is 0 Å². The van der Waals surface area contributed by atoms with Gasteiger partial charge in [-0.2, -0.15) is 5.48 Å². The summed E-state index contributed by atoms with van der Waals surface area (Å²) in [6.45, 7) is 0.844. The van der Waals surface area contributed by atoms with Crippen LogP contribution in [0.4, 0.5) is 0 Å². The van der Waals surface area contributed by atoms with Crippen LogP contribution in [0, 0.1) is 23.7 Å². The number of amides is 1. The number of carboxylic acid groups (broad SMARTS) is 1. The van der Waals surface area contributed by atoms with E-state index in [2.05, 4.69) is 15.7 Å². The summed E-state index contributed by atoms with van der Waals surface area (Å²) in [7, 11) is -3.38. The molecule has 224 valence electrons. The van der Waals surface area contributed by atoms with Crippen LogP contribution in [0.25, 0.3) is 0 Å². The van der Waals surface area contributed by atoms with E-state index in [0.29, 0.717) is 57.7 Å². The summed E-state index contributed by atoms with van der Waals surface area (Å²) in [4.78, 5) is 34.9. The number of sulfone groups is 1.